The van der Waals surface area contributed by atoms with Crippen molar-refractivity contribution in [3.8, 4) is 6.07 Å². The zero-order valence-electron chi connectivity index (χ0n) is 7.56. The van der Waals surface area contributed by atoms with Crippen LogP contribution in [0.3, 0.4) is 0 Å². The van der Waals surface area contributed by atoms with Crippen molar-refractivity contribution >= 4 is 15.9 Å². The number of alkyl halides is 3. The summed E-state index contributed by atoms with van der Waals surface area (Å²) >= 11 is 3.04. The first-order chi connectivity index (χ1) is 7.11. The fraction of sp³-hybridized carbons (Fsp3) is 0.333. The van der Waals surface area contributed by atoms with E-state index < -0.39 is 17.5 Å². The van der Waals surface area contributed by atoms with Gasteiger partial charge in [-0.1, -0.05) is 15.9 Å². The van der Waals surface area contributed by atoms with Crippen LogP contribution in [0.5, 0.6) is 0 Å². The van der Waals surface area contributed by atoms with Gasteiger partial charge in [-0.2, -0.15) is 5.26 Å². The molecule has 80 valence electrons. The molecular weight excluding hydrogens is 270 g/mol. The molecular formula is C9H7BrF2N2O. The lowest BCUT2D eigenvalue weighted by atomic mass is 10.0. The summed E-state index contributed by atoms with van der Waals surface area (Å²) in [7, 11) is 0. The predicted octanol–water partition coefficient (Wildman–Crippen LogP) is 2.27. The number of nitrogens with one attached hydrogen (secondary N) is 1. The van der Waals surface area contributed by atoms with Crippen molar-refractivity contribution in [2.45, 2.75) is 18.2 Å². The highest BCUT2D eigenvalue weighted by Crippen LogP contribution is 2.23. The van der Waals surface area contributed by atoms with E-state index in [1.54, 1.807) is 0 Å². The highest BCUT2D eigenvalue weighted by atomic mass is 79.9. The lowest BCUT2D eigenvalue weighted by molar-refractivity contribution is 0.148. The largest absolute Gasteiger partial charge is 0.328 e. The molecule has 0 saturated heterocycles. The molecule has 0 unspecified atom stereocenters. The van der Waals surface area contributed by atoms with Crippen LogP contribution in [-0.2, 0) is 11.8 Å². The highest BCUT2D eigenvalue weighted by molar-refractivity contribution is 9.08. The summed E-state index contributed by atoms with van der Waals surface area (Å²) in [4.78, 5) is 13.4. The van der Waals surface area contributed by atoms with Gasteiger partial charge in [0.25, 0.3) is 12.0 Å². The number of hydrogen-bond donors (Lipinski definition) is 1. The Balaban J connectivity index is 3.41. The van der Waals surface area contributed by atoms with E-state index in [9.17, 15) is 13.6 Å². The summed E-state index contributed by atoms with van der Waals surface area (Å²) < 4.78 is 25.1. The maximum absolute atomic E-state index is 12.6. The van der Waals surface area contributed by atoms with E-state index in [1.165, 1.54) is 6.20 Å². The van der Waals surface area contributed by atoms with Gasteiger partial charge in [0.05, 0.1) is 18.1 Å². The number of H-pyrrole nitrogens is 1. The van der Waals surface area contributed by atoms with Crippen LogP contribution in [-0.4, -0.2) is 4.98 Å². The molecule has 0 amide bonds. The van der Waals surface area contributed by atoms with E-state index in [0.29, 0.717) is 5.56 Å². The number of hydrogen-bond acceptors (Lipinski definition) is 2. The Labute approximate surface area is 92.9 Å². The van der Waals surface area contributed by atoms with Crippen molar-refractivity contribution in [3.05, 3.63) is 33.2 Å². The Kier molecular flexibility index (Phi) is 3.97. The van der Waals surface area contributed by atoms with Crippen molar-refractivity contribution in [2.75, 3.05) is 0 Å². The average molecular weight is 277 g/mol. The Morgan fingerprint density at radius 1 is 1.60 bits per heavy atom. The van der Waals surface area contributed by atoms with Crippen LogP contribution in [0.25, 0.3) is 0 Å². The third-order valence-electron chi connectivity index (χ3n) is 1.96. The van der Waals surface area contributed by atoms with Gasteiger partial charge in [-0.3, -0.25) is 4.79 Å². The molecule has 0 saturated carbocycles. The van der Waals surface area contributed by atoms with Crippen molar-refractivity contribution in [1.29, 1.82) is 5.26 Å². The topological polar surface area (TPSA) is 56.6 Å². The molecule has 6 heteroatoms. The highest BCUT2D eigenvalue weighted by Gasteiger charge is 2.19. The van der Waals surface area contributed by atoms with E-state index in [-0.39, 0.29) is 17.3 Å². The number of rotatable bonds is 3. The lowest BCUT2D eigenvalue weighted by Crippen LogP contribution is -2.17. The Morgan fingerprint density at radius 2 is 2.27 bits per heavy atom. The van der Waals surface area contributed by atoms with E-state index in [1.807, 2.05) is 6.07 Å². The van der Waals surface area contributed by atoms with Crippen molar-refractivity contribution < 1.29 is 8.78 Å². The van der Waals surface area contributed by atoms with Crippen molar-refractivity contribution in [2.24, 2.45) is 0 Å². The average Bonchev–Trinajstić information content (AvgIpc) is 2.19. The Morgan fingerprint density at radius 3 is 2.73 bits per heavy atom. The van der Waals surface area contributed by atoms with Gasteiger partial charge in [-0.15, -0.1) is 0 Å². The number of aromatic amines is 1. The van der Waals surface area contributed by atoms with Crippen LogP contribution in [0.1, 0.15) is 23.1 Å². The molecule has 0 aliphatic carbocycles. The molecule has 0 bridgehead atoms. The van der Waals surface area contributed by atoms with Crippen LogP contribution in [0.4, 0.5) is 8.78 Å². The van der Waals surface area contributed by atoms with Gasteiger partial charge in [0, 0.05) is 11.5 Å². The minimum absolute atomic E-state index is 0.00255. The molecule has 3 nitrogen and oxygen atoms in total. The van der Waals surface area contributed by atoms with Crippen molar-refractivity contribution in [1.82, 2.24) is 4.98 Å². The first-order valence-electron chi connectivity index (χ1n) is 4.06. The molecule has 0 atom stereocenters. The molecule has 1 rings (SSSR count). The second-order valence-electron chi connectivity index (χ2n) is 2.80. The standard InChI is InChI=1S/C9H7BrF2N2O/c10-3-6-5(1-2-13)4-14-9(15)7(6)8(11)12/h4,8H,1,3H2,(H,14,15). The molecule has 0 fully saturated rings. The number of nitrogens with zero attached hydrogens (tertiary/aromatic N) is 1. The first-order valence-corrected chi connectivity index (χ1v) is 5.18. The second-order valence-corrected chi connectivity index (χ2v) is 3.37. The van der Waals surface area contributed by atoms with Crippen LogP contribution < -0.4 is 5.56 Å². The zero-order chi connectivity index (χ0) is 11.4. The Bertz CT molecular complexity index is 450. The quantitative estimate of drug-likeness (QED) is 0.861. The third kappa shape index (κ3) is 2.42. The van der Waals surface area contributed by atoms with E-state index in [4.69, 9.17) is 5.26 Å². The molecule has 1 N–H and O–H groups in total. The van der Waals surface area contributed by atoms with Gasteiger partial charge < -0.3 is 4.98 Å². The SMILES string of the molecule is N#CCc1c[nH]c(=O)c(C(F)F)c1CBr. The summed E-state index contributed by atoms with van der Waals surface area (Å²) in [5, 5.41) is 8.63. The van der Waals surface area contributed by atoms with Crippen LogP contribution >= 0.6 is 15.9 Å². The second kappa shape index (κ2) is 5.03. The molecule has 0 spiro atoms. The first kappa shape index (κ1) is 11.9. The maximum Gasteiger partial charge on any atom is 0.269 e. The lowest BCUT2D eigenvalue weighted by Gasteiger charge is -2.08. The summed E-state index contributed by atoms with van der Waals surface area (Å²) in [6.45, 7) is 0. The van der Waals surface area contributed by atoms with Gasteiger partial charge in [0.15, 0.2) is 0 Å². The van der Waals surface area contributed by atoms with Crippen LogP contribution in [0.2, 0.25) is 0 Å². The number of aromatic nitrogens is 1. The molecule has 15 heavy (non-hydrogen) atoms. The van der Waals surface area contributed by atoms with Crippen LogP contribution in [0, 0.1) is 11.3 Å². The monoisotopic (exact) mass is 276 g/mol. The zero-order valence-corrected chi connectivity index (χ0v) is 9.14. The summed E-state index contributed by atoms with van der Waals surface area (Å²) in [5.41, 5.74) is -0.736. The maximum atomic E-state index is 12.6. The molecule has 0 radical (unpaired) electrons. The fourth-order valence-electron chi connectivity index (χ4n) is 1.26. The van der Waals surface area contributed by atoms with Gasteiger partial charge in [-0.25, -0.2) is 8.78 Å². The molecule has 0 aromatic carbocycles. The number of nitriles is 1. The fourth-order valence-corrected chi connectivity index (χ4v) is 1.92. The van der Waals surface area contributed by atoms with Gasteiger partial charge >= 0.3 is 0 Å². The van der Waals surface area contributed by atoms with Crippen molar-refractivity contribution in [3.63, 3.8) is 0 Å². The Hall–Kier alpha value is -1.22. The molecule has 0 aliphatic heterocycles. The summed E-state index contributed by atoms with van der Waals surface area (Å²) in [5.74, 6) is 0. The number of halogens is 3. The minimum Gasteiger partial charge on any atom is -0.328 e. The molecule has 1 aromatic rings. The van der Waals surface area contributed by atoms with Gasteiger partial charge in [-0.05, 0) is 11.1 Å². The summed E-state index contributed by atoms with van der Waals surface area (Å²) in [6, 6.07) is 1.86. The molecule has 1 aromatic heterocycles. The van der Waals surface area contributed by atoms with E-state index in [0.717, 1.165) is 0 Å². The minimum atomic E-state index is -2.83. The van der Waals surface area contributed by atoms with Gasteiger partial charge in [0.2, 0.25) is 0 Å². The normalized spacial score (nSPS) is 10.3. The molecule has 1 heterocycles. The van der Waals surface area contributed by atoms with Crippen LogP contribution in [0.15, 0.2) is 11.0 Å². The molecule has 0 aliphatic rings. The van der Waals surface area contributed by atoms with E-state index in [2.05, 4.69) is 20.9 Å². The van der Waals surface area contributed by atoms with E-state index >= 15 is 0 Å². The number of pyridine rings is 1. The predicted molar refractivity (Wildman–Crippen MR) is 54.0 cm³/mol. The van der Waals surface area contributed by atoms with Gasteiger partial charge in [0.1, 0.15) is 0 Å². The smallest absolute Gasteiger partial charge is 0.269 e. The third-order valence-corrected chi connectivity index (χ3v) is 2.52. The summed E-state index contributed by atoms with van der Waals surface area (Å²) in [6.07, 6.45) is -1.54.